The van der Waals surface area contributed by atoms with Gasteiger partial charge in [-0.3, -0.25) is 0 Å². The van der Waals surface area contributed by atoms with Crippen molar-refractivity contribution in [2.45, 2.75) is 123 Å². The lowest BCUT2D eigenvalue weighted by Gasteiger charge is -2.59. The monoisotopic (exact) mass is 506 g/mol. The molecule has 0 radical (unpaired) electrons. The minimum absolute atomic E-state index is 0.0151. The second-order valence-corrected chi connectivity index (χ2v) is 14.7. The molecule has 1 aliphatic heterocycles. The predicted molar refractivity (Wildman–Crippen MR) is 148 cm³/mol. The molecule has 3 heteroatoms. The molecule has 5 aliphatic rings. The van der Waals surface area contributed by atoms with E-state index >= 15 is 0 Å². The van der Waals surface area contributed by atoms with Gasteiger partial charge in [0.15, 0.2) is 0 Å². The minimum atomic E-state index is -0.176. The number of hydrogen-bond donors (Lipinski definition) is 0. The average Bonchev–Trinajstić information content (AvgIpc) is 3.45. The van der Waals surface area contributed by atoms with Crippen LogP contribution in [-0.4, -0.2) is 23.8 Å². The van der Waals surface area contributed by atoms with Crippen LogP contribution in [0.2, 0.25) is 0 Å². The summed E-state index contributed by atoms with van der Waals surface area (Å²) in [5, 5.41) is 0. The Morgan fingerprint density at radius 3 is 2.54 bits per heavy atom. The van der Waals surface area contributed by atoms with Crippen molar-refractivity contribution in [2.75, 3.05) is 0 Å². The van der Waals surface area contributed by atoms with Gasteiger partial charge in [-0.15, -0.1) is 0 Å². The number of benzene rings is 1. The van der Waals surface area contributed by atoms with Crippen molar-refractivity contribution in [2.24, 2.45) is 46.3 Å². The zero-order valence-corrected chi connectivity index (χ0v) is 24.0. The van der Waals surface area contributed by atoms with Gasteiger partial charge in [-0.05, 0) is 98.0 Å². The molecular weight excluding hydrogens is 456 g/mol. The number of carbonyl (C=O) groups excluding carboxylic acids is 1. The lowest BCUT2D eigenvalue weighted by molar-refractivity contribution is -0.118. The van der Waals surface area contributed by atoms with Gasteiger partial charge < -0.3 is 9.47 Å². The zero-order chi connectivity index (χ0) is 26.0. The molecule has 1 spiro atoms. The van der Waals surface area contributed by atoms with Crippen molar-refractivity contribution >= 4 is 5.97 Å². The van der Waals surface area contributed by atoms with Crippen molar-refractivity contribution in [1.82, 2.24) is 0 Å². The van der Waals surface area contributed by atoms with Crippen LogP contribution >= 0.6 is 0 Å². The van der Waals surface area contributed by atoms with E-state index in [4.69, 9.17) is 9.47 Å². The first-order chi connectivity index (χ1) is 17.7. The molecule has 0 N–H and O–H groups in total. The molecule has 10 atom stereocenters. The van der Waals surface area contributed by atoms with Gasteiger partial charge in [-0.25, -0.2) is 4.79 Å². The number of ether oxygens (including phenoxy) is 2. The molecule has 1 saturated heterocycles. The molecule has 1 heterocycles. The molecule has 0 amide bonds. The van der Waals surface area contributed by atoms with Gasteiger partial charge in [-0.2, -0.15) is 0 Å². The maximum absolute atomic E-state index is 12.8. The van der Waals surface area contributed by atoms with Crippen LogP contribution in [0.25, 0.3) is 0 Å². The summed E-state index contributed by atoms with van der Waals surface area (Å²) in [6.07, 6.45) is 14.5. The first kappa shape index (κ1) is 25.9. The summed E-state index contributed by atoms with van der Waals surface area (Å²) in [5.74, 6) is 4.87. The largest absolute Gasteiger partial charge is 0.459 e. The fraction of sp³-hybridized carbons (Fsp3) is 0.794. The lowest BCUT2D eigenvalue weighted by atomic mass is 9.44. The van der Waals surface area contributed by atoms with Crippen LogP contribution in [0, 0.1) is 46.3 Å². The SMILES string of the molecule is CC(C)CCC[C@H](C)[C@H]1CC[C@@H]2[C@@H]3C[C@@H]4O[C@]45C[C@@H](OC(=O)c4ccccc4)CC[C@]5(C)[C@H]3CC[C@@]21C. The topological polar surface area (TPSA) is 38.8 Å². The van der Waals surface area contributed by atoms with Crippen LogP contribution in [0.5, 0.6) is 0 Å². The summed E-state index contributed by atoms with van der Waals surface area (Å²) < 4.78 is 12.8. The Morgan fingerprint density at radius 2 is 1.78 bits per heavy atom. The van der Waals surface area contributed by atoms with Gasteiger partial charge in [0.25, 0.3) is 0 Å². The Hall–Kier alpha value is -1.35. The third-order valence-corrected chi connectivity index (χ3v) is 12.5. The molecule has 0 unspecified atom stereocenters. The fourth-order valence-corrected chi connectivity index (χ4v) is 10.6. The molecule has 4 saturated carbocycles. The Balaban J connectivity index is 1.14. The number of rotatable bonds is 7. The number of hydrogen-bond acceptors (Lipinski definition) is 3. The van der Waals surface area contributed by atoms with Crippen LogP contribution in [0.15, 0.2) is 30.3 Å². The van der Waals surface area contributed by atoms with E-state index < -0.39 is 0 Å². The maximum atomic E-state index is 12.8. The molecule has 4 aliphatic carbocycles. The van der Waals surface area contributed by atoms with E-state index in [2.05, 4.69) is 34.6 Å². The highest BCUT2D eigenvalue weighted by Crippen LogP contribution is 2.74. The Morgan fingerprint density at radius 1 is 1.00 bits per heavy atom. The summed E-state index contributed by atoms with van der Waals surface area (Å²) in [6.45, 7) is 12.5. The summed E-state index contributed by atoms with van der Waals surface area (Å²) in [4.78, 5) is 12.8. The number of fused-ring (bicyclic) bond motifs is 4. The average molecular weight is 507 g/mol. The molecular formula is C34H50O3. The van der Waals surface area contributed by atoms with Gasteiger partial charge in [0.1, 0.15) is 11.7 Å². The van der Waals surface area contributed by atoms with E-state index in [-0.39, 0.29) is 23.1 Å². The highest BCUT2D eigenvalue weighted by molar-refractivity contribution is 5.89. The summed E-state index contributed by atoms with van der Waals surface area (Å²) >= 11 is 0. The standard InChI is InChI=1S/C34H50O3/c1-22(2)10-9-11-23(3)27-14-15-28-26-20-30-34(37-30)21-25(36-31(35)24-12-7-6-8-13-24)16-19-33(34,5)29(26)17-18-32(27,28)4/h6-8,12-13,22-23,25-30H,9-11,14-21H2,1-5H3/t23-,25-,26-,27+,28+,29-,30-,32+,33+,34+/m0/s1. The molecule has 6 rings (SSSR count). The molecule has 204 valence electrons. The molecule has 37 heavy (non-hydrogen) atoms. The van der Waals surface area contributed by atoms with Crippen LogP contribution in [0.4, 0.5) is 0 Å². The van der Waals surface area contributed by atoms with E-state index in [0.29, 0.717) is 17.1 Å². The molecule has 3 nitrogen and oxygen atoms in total. The Bertz CT molecular complexity index is 988. The van der Waals surface area contributed by atoms with E-state index in [1.807, 2.05) is 30.3 Å². The lowest BCUT2D eigenvalue weighted by Crippen LogP contribution is -2.59. The summed E-state index contributed by atoms with van der Waals surface area (Å²) in [7, 11) is 0. The Kier molecular flexibility index (Phi) is 6.57. The van der Waals surface area contributed by atoms with Gasteiger partial charge in [-0.1, -0.05) is 72.1 Å². The van der Waals surface area contributed by atoms with Crippen molar-refractivity contribution in [3.05, 3.63) is 35.9 Å². The highest BCUT2D eigenvalue weighted by atomic mass is 16.6. The van der Waals surface area contributed by atoms with Gasteiger partial charge >= 0.3 is 5.97 Å². The van der Waals surface area contributed by atoms with Gasteiger partial charge in [0.05, 0.1) is 11.7 Å². The first-order valence-corrected chi connectivity index (χ1v) is 15.6. The molecule has 1 aromatic carbocycles. The van der Waals surface area contributed by atoms with E-state index in [0.717, 1.165) is 54.8 Å². The van der Waals surface area contributed by atoms with Crippen molar-refractivity contribution in [1.29, 1.82) is 0 Å². The molecule has 0 bridgehead atoms. The number of epoxide rings is 1. The normalized spacial score (nSPS) is 44.8. The van der Waals surface area contributed by atoms with Crippen LogP contribution < -0.4 is 0 Å². The molecule has 5 fully saturated rings. The van der Waals surface area contributed by atoms with E-state index in [1.54, 1.807) is 0 Å². The summed E-state index contributed by atoms with van der Waals surface area (Å²) in [6, 6.07) is 9.47. The van der Waals surface area contributed by atoms with Crippen molar-refractivity contribution in [3.63, 3.8) is 0 Å². The quantitative estimate of drug-likeness (QED) is 0.275. The van der Waals surface area contributed by atoms with E-state index in [9.17, 15) is 4.79 Å². The summed E-state index contributed by atoms with van der Waals surface area (Å²) in [5.41, 5.74) is 1.36. The van der Waals surface area contributed by atoms with Crippen molar-refractivity contribution in [3.8, 4) is 0 Å². The molecule has 0 aromatic heterocycles. The molecule has 1 aromatic rings. The number of carbonyl (C=O) groups is 1. The number of esters is 1. The van der Waals surface area contributed by atoms with Gasteiger partial charge in [0, 0.05) is 11.8 Å². The fourth-order valence-electron chi connectivity index (χ4n) is 10.6. The second-order valence-electron chi connectivity index (χ2n) is 14.7. The van der Waals surface area contributed by atoms with Crippen LogP contribution in [-0.2, 0) is 9.47 Å². The van der Waals surface area contributed by atoms with Crippen LogP contribution in [0.3, 0.4) is 0 Å². The predicted octanol–water partition coefficient (Wildman–Crippen LogP) is 8.46. The highest BCUT2D eigenvalue weighted by Gasteiger charge is 2.76. The van der Waals surface area contributed by atoms with E-state index in [1.165, 1.54) is 51.4 Å². The van der Waals surface area contributed by atoms with Gasteiger partial charge in [0.2, 0.25) is 0 Å². The zero-order valence-electron chi connectivity index (χ0n) is 24.0. The van der Waals surface area contributed by atoms with Crippen molar-refractivity contribution < 1.29 is 14.3 Å². The van der Waals surface area contributed by atoms with Crippen LogP contribution in [0.1, 0.15) is 116 Å². The first-order valence-electron chi connectivity index (χ1n) is 15.6. The Labute approximate surface area is 225 Å². The third-order valence-electron chi connectivity index (χ3n) is 12.5. The smallest absolute Gasteiger partial charge is 0.338 e. The second kappa shape index (κ2) is 9.39. The third kappa shape index (κ3) is 4.12. The maximum Gasteiger partial charge on any atom is 0.338 e. The minimum Gasteiger partial charge on any atom is -0.459 e.